The van der Waals surface area contributed by atoms with Gasteiger partial charge in [0, 0.05) is 33.3 Å². The zero-order valence-electron chi connectivity index (χ0n) is 13.9. The van der Waals surface area contributed by atoms with Crippen molar-refractivity contribution in [1.29, 1.82) is 0 Å². The summed E-state index contributed by atoms with van der Waals surface area (Å²) in [5.41, 5.74) is -0.662. The van der Waals surface area contributed by atoms with Gasteiger partial charge in [-0.1, -0.05) is 11.6 Å². The van der Waals surface area contributed by atoms with Crippen LogP contribution in [0, 0.1) is 11.2 Å². The Labute approximate surface area is 151 Å². The first kappa shape index (κ1) is 18.6. The molecule has 138 valence electrons. The van der Waals surface area contributed by atoms with E-state index in [1.807, 2.05) is 0 Å². The minimum absolute atomic E-state index is 0.0145. The molecule has 0 saturated carbocycles. The molecule has 1 atom stereocenters. The van der Waals surface area contributed by atoms with E-state index in [1.54, 1.807) is 12.0 Å². The van der Waals surface area contributed by atoms with Crippen LogP contribution in [0.15, 0.2) is 23.1 Å². The molecule has 9 heteroatoms. The van der Waals surface area contributed by atoms with Crippen LogP contribution in [0.25, 0.3) is 0 Å². The van der Waals surface area contributed by atoms with Gasteiger partial charge in [-0.25, -0.2) is 12.8 Å². The number of ether oxygens (including phenoxy) is 1. The Balaban J connectivity index is 1.78. The molecule has 1 aromatic rings. The molecule has 1 spiro atoms. The number of rotatable bonds is 5. The van der Waals surface area contributed by atoms with Crippen LogP contribution in [0.2, 0.25) is 5.02 Å². The highest BCUT2D eigenvalue weighted by molar-refractivity contribution is 7.89. The van der Waals surface area contributed by atoms with Gasteiger partial charge in [-0.05, 0) is 31.0 Å². The van der Waals surface area contributed by atoms with Crippen molar-refractivity contribution in [3.05, 3.63) is 29.0 Å². The van der Waals surface area contributed by atoms with Crippen molar-refractivity contribution < 1.29 is 22.3 Å². The summed E-state index contributed by atoms with van der Waals surface area (Å²) in [4.78, 5) is 14.4. The van der Waals surface area contributed by atoms with E-state index in [9.17, 15) is 17.6 Å². The Kier molecular flexibility index (Phi) is 5.07. The number of benzene rings is 1. The van der Waals surface area contributed by atoms with Gasteiger partial charge in [-0.2, -0.15) is 4.31 Å². The summed E-state index contributed by atoms with van der Waals surface area (Å²) >= 11 is 5.71. The predicted molar refractivity (Wildman–Crippen MR) is 90.3 cm³/mol. The molecule has 2 aliphatic rings. The van der Waals surface area contributed by atoms with Crippen LogP contribution in [-0.4, -0.2) is 63.4 Å². The monoisotopic (exact) mass is 390 g/mol. The lowest BCUT2D eigenvalue weighted by molar-refractivity contribution is -0.135. The Hall–Kier alpha value is -1.22. The maximum absolute atomic E-state index is 13.3. The number of hydrogen-bond donors (Lipinski definition) is 0. The summed E-state index contributed by atoms with van der Waals surface area (Å²) in [6.45, 7) is 1.99. The van der Waals surface area contributed by atoms with Gasteiger partial charge < -0.3 is 9.64 Å². The average Bonchev–Trinajstić information content (AvgIpc) is 3.15. The van der Waals surface area contributed by atoms with E-state index in [2.05, 4.69) is 0 Å². The van der Waals surface area contributed by atoms with Gasteiger partial charge in [-0.15, -0.1) is 0 Å². The van der Waals surface area contributed by atoms with Gasteiger partial charge in [0.15, 0.2) is 0 Å². The van der Waals surface area contributed by atoms with E-state index in [0.717, 1.165) is 12.1 Å². The summed E-state index contributed by atoms with van der Waals surface area (Å²) in [5, 5.41) is -0.238. The number of halogens is 2. The Morgan fingerprint density at radius 3 is 2.72 bits per heavy atom. The first-order valence-corrected chi connectivity index (χ1v) is 9.85. The third-order valence-electron chi connectivity index (χ3n) is 5.01. The minimum atomic E-state index is -3.81. The maximum atomic E-state index is 13.3. The fourth-order valence-electron chi connectivity index (χ4n) is 3.51. The normalized spacial score (nSPS) is 24.6. The lowest BCUT2D eigenvalue weighted by Gasteiger charge is -2.23. The van der Waals surface area contributed by atoms with Gasteiger partial charge in [0.1, 0.15) is 5.82 Å². The van der Waals surface area contributed by atoms with Gasteiger partial charge in [0.05, 0.1) is 21.9 Å². The smallest absolute Gasteiger partial charge is 0.243 e. The van der Waals surface area contributed by atoms with Crippen molar-refractivity contribution in [2.75, 3.05) is 39.9 Å². The topological polar surface area (TPSA) is 66.9 Å². The lowest BCUT2D eigenvalue weighted by atomic mass is 9.86. The minimum Gasteiger partial charge on any atom is -0.383 e. The first-order valence-electron chi connectivity index (χ1n) is 8.04. The van der Waals surface area contributed by atoms with Crippen LogP contribution in [0.4, 0.5) is 4.39 Å². The van der Waals surface area contributed by atoms with Crippen molar-refractivity contribution in [3.63, 3.8) is 0 Å². The van der Waals surface area contributed by atoms with Crippen molar-refractivity contribution in [3.8, 4) is 0 Å². The Morgan fingerprint density at radius 1 is 1.32 bits per heavy atom. The van der Waals surface area contributed by atoms with E-state index >= 15 is 0 Å². The SMILES string of the molecule is COCCN1CCC2(CCN(S(=O)(=O)c3ccc(F)c(Cl)c3)C2)C1=O. The summed E-state index contributed by atoms with van der Waals surface area (Å²) in [5.74, 6) is -0.683. The lowest BCUT2D eigenvalue weighted by Crippen LogP contribution is -2.39. The first-order chi connectivity index (χ1) is 11.8. The second kappa shape index (κ2) is 6.83. The molecule has 0 N–H and O–H groups in total. The van der Waals surface area contributed by atoms with Crippen molar-refractivity contribution >= 4 is 27.5 Å². The molecule has 0 radical (unpaired) electrons. The van der Waals surface area contributed by atoms with Crippen molar-refractivity contribution in [2.24, 2.45) is 5.41 Å². The van der Waals surface area contributed by atoms with Gasteiger partial charge in [-0.3, -0.25) is 4.79 Å². The molecular weight excluding hydrogens is 371 g/mol. The summed E-state index contributed by atoms with van der Waals surface area (Å²) in [6.07, 6.45) is 1.12. The zero-order chi connectivity index (χ0) is 18.2. The largest absolute Gasteiger partial charge is 0.383 e. The van der Waals surface area contributed by atoms with Crippen LogP contribution >= 0.6 is 11.6 Å². The molecule has 1 amide bonds. The highest BCUT2D eigenvalue weighted by Gasteiger charge is 2.52. The number of likely N-dealkylation sites (tertiary alicyclic amines) is 1. The molecular formula is C16H20ClFN2O4S. The van der Waals surface area contributed by atoms with Crippen molar-refractivity contribution in [2.45, 2.75) is 17.7 Å². The number of carbonyl (C=O) groups excluding carboxylic acids is 1. The zero-order valence-corrected chi connectivity index (χ0v) is 15.4. The molecule has 6 nitrogen and oxygen atoms in total. The fourth-order valence-corrected chi connectivity index (χ4v) is 5.31. The number of nitrogens with zero attached hydrogens (tertiary/aromatic N) is 2. The van der Waals surface area contributed by atoms with E-state index < -0.39 is 21.3 Å². The van der Waals surface area contributed by atoms with E-state index in [1.165, 1.54) is 10.4 Å². The Bertz CT molecular complexity index is 788. The van der Waals surface area contributed by atoms with E-state index in [0.29, 0.717) is 32.5 Å². The van der Waals surface area contributed by atoms with Crippen LogP contribution < -0.4 is 0 Å². The third-order valence-corrected chi connectivity index (χ3v) is 7.14. The summed E-state index contributed by atoms with van der Waals surface area (Å²) in [6, 6.07) is 3.34. The second-order valence-electron chi connectivity index (χ2n) is 6.48. The molecule has 2 saturated heterocycles. The number of amides is 1. The molecule has 3 rings (SSSR count). The summed E-state index contributed by atoms with van der Waals surface area (Å²) in [7, 11) is -2.24. The third kappa shape index (κ3) is 3.28. The standard InChI is InChI=1S/C16H20ClFN2O4S/c1-24-9-8-19-6-4-16(15(19)21)5-7-20(11-16)25(22,23)12-2-3-14(18)13(17)10-12/h2-3,10H,4-9,11H2,1H3. The molecule has 2 aliphatic heterocycles. The quantitative estimate of drug-likeness (QED) is 0.768. The molecule has 1 unspecified atom stereocenters. The molecule has 1 aromatic carbocycles. The van der Waals surface area contributed by atoms with Crippen LogP contribution in [0.3, 0.4) is 0 Å². The summed E-state index contributed by atoms with van der Waals surface area (Å²) < 4.78 is 45.2. The molecule has 25 heavy (non-hydrogen) atoms. The number of methoxy groups -OCH3 is 1. The van der Waals surface area contributed by atoms with Gasteiger partial charge in [0.2, 0.25) is 15.9 Å². The predicted octanol–water partition coefficient (Wildman–Crippen LogP) is 1.74. The molecule has 2 fully saturated rings. The van der Waals surface area contributed by atoms with E-state index in [-0.39, 0.29) is 28.9 Å². The van der Waals surface area contributed by atoms with Gasteiger partial charge in [0.25, 0.3) is 0 Å². The number of carbonyl (C=O) groups is 1. The fraction of sp³-hybridized carbons (Fsp3) is 0.562. The maximum Gasteiger partial charge on any atom is 0.243 e. The number of hydrogen-bond acceptors (Lipinski definition) is 4. The van der Waals surface area contributed by atoms with Gasteiger partial charge >= 0.3 is 0 Å². The number of sulfonamides is 1. The van der Waals surface area contributed by atoms with Crippen LogP contribution in [0.1, 0.15) is 12.8 Å². The average molecular weight is 391 g/mol. The molecule has 0 aromatic heterocycles. The van der Waals surface area contributed by atoms with Crippen LogP contribution in [0.5, 0.6) is 0 Å². The van der Waals surface area contributed by atoms with E-state index in [4.69, 9.17) is 16.3 Å². The molecule has 2 heterocycles. The molecule has 0 aliphatic carbocycles. The second-order valence-corrected chi connectivity index (χ2v) is 8.82. The Morgan fingerprint density at radius 2 is 2.04 bits per heavy atom. The molecule has 0 bridgehead atoms. The highest BCUT2D eigenvalue weighted by atomic mass is 35.5. The highest BCUT2D eigenvalue weighted by Crippen LogP contribution is 2.42. The van der Waals surface area contributed by atoms with Crippen LogP contribution in [-0.2, 0) is 19.6 Å². The van der Waals surface area contributed by atoms with Crippen molar-refractivity contribution in [1.82, 2.24) is 9.21 Å².